The van der Waals surface area contributed by atoms with Crippen molar-refractivity contribution in [3.8, 4) is 0 Å². The Hall–Kier alpha value is -3.86. The van der Waals surface area contributed by atoms with Crippen molar-refractivity contribution in [1.29, 1.82) is 0 Å². The Morgan fingerprint density at radius 2 is 1.11 bits per heavy atom. The van der Waals surface area contributed by atoms with Crippen molar-refractivity contribution >= 4 is 41.4 Å². The number of nitrogens with zero attached hydrogens (tertiary/aromatic N) is 1. The molecule has 0 aliphatic carbocycles. The maximum absolute atomic E-state index is 11.8. The molecule has 27 heavy (non-hydrogen) atoms. The molecule has 3 aromatic carbocycles. The molecule has 0 saturated heterocycles. The third kappa shape index (κ3) is 4.22. The highest BCUT2D eigenvalue weighted by atomic mass is 16.6. The van der Waals surface area contributed by atoms with Gasteiger partial charge in [0, 0.05) is 11.4 Å². The number of rotatable bonds is 5. The lowest BCUT2D eigenvalue weighted by atomic mass is 10.0. The molecule has 5 nitrogen and oxygen atoms in total. The van der Waals surface area contributed by atoms with E-state index in [-0.39, 0.29) is 17.1 Å². The Morgan fingerprint density at radius 1 is 0.704 bits per heavy atom. The fourth-order valence-corrected chi connectivity index (χ4v) is 2.78. The standard InChI is InChI=1S/C22H19N3O2/c23-20-15-21(24)19(14-12-17-9-5-2-6-10-17)22(25(26)27)18(20)13-11-16-7-3-1-4-8-16/h1-15H,23-24H2. The van der Waals surface area contributed by atoms with Crippen LogP contribution in [0.25, 0.3) is 24.3 Å². The number of nitro groups is 1. The molecule has 0 atom stereocenters. The van der Waals surface area contributed by atoms with E-state index >= 15 is 0 Å². The Labute approximate surface area is 157 Å². The molecule has 0 heterocycles. The number of anilines is 2. The minimum Gasteiger partial charge on any atom is -0.398 e. The van der Waals surface area contributed by atoms with Crippen molar-refractivity contribution in [2.24, 2.45) is 0 Å². The Kier molecular flexibility index (Phi) is 5.33. The number of nitrogen functional groups attached to an aromatic ring is 2. The first-order valence-electron chi connectivity index (χ1n) is 8.39. The Morgan fingerprint density at radius 3 is 1.48 bits per heavy atom. The fourth-order valence-electron chi connectivity index (χ4n) is 2.78. The molecular formula is C22H19N3O2. The monoisotopic (exact) mass is 357 g/mol. The number of hydrogen-bond donors (Lipinski definition) is 2. The largest absolute Gasteiger partial charge is 0.398 e. The van der Waals surface area contributed by atoms with Gasteiger partial charge in [-0.3, -0.25) is 10.1 Å². The molecule has 0 radical (unpaired) electrons. The van der Waals surface area contributed by atoms with Crippen LogP contribution < -0.4 is 11.5 Å². The summed E-state index contributed by atoms with van der Waals surface area (Å²) in [4.78, 5) is 11.4. The van der Waals surface area contributed by atoms with Crippen molar-refractivity contribution in [2.45, 2.75) is 0 Å². The highest BCUT2D eigenvalue weighted by molar-refractivity contribution is 5.91. The second-order valence-electron chi connectivity index (χ2n) is 5.98. The summed E-state index contributed by atoms with van der Waals surface area (Å²) in [5.41, 5.74) is 15.0. The molecule has 3 aromatic rings. The van der Waals surface area contributed by atoms with Crippen molar-refractivity contribution in [2.75, 3.05) is 11.5 Å². The van der Waals surface area contributed by atoms with E-state index < -0.39 is 4.92 Å². The summed E-state index contributed by atoms with van der Waals surface area (Å²) in [6, 6.07) is 20.6. The summed E-state index contributed by atoms with van der Waals surface area (Å²) in [6.07, 6.45) is 6.89. The predicted octanol–water partition coefficient (Wildman–Crippen LogP) is 5.10. The molecule has 4 N–H and O–H groups in total. The van der Waals surface area contributed by atoms with Crippen LogP contribution in [0.1, 0.15) is 22.3 Å². The van der Waals surface area contributed by atoms with Gasteiger partial charge in [0.15, 0.2) is 0 Å². The van der Waals surface area contributed by atoms with Gasteiger partial charge in [-0.25, -0.2) is 0 Å². The molecule has 0 unspecified atom stereocenters. The average Bonchev–Trinajstić information content (AvgIpc) is 2.67. The Balaban J connectivity index is 2.09. The zero-order valence-electron chi connectivity index (χ0n) is 14.6. The second kappa shape index (κ2) is 8.01. The van der Waals surface area contributed by atoms with Gasteiger partial charge in [-0.15, -0.1) is 0 Å². The highest BCUT2D eigenvalue weighted by Gasteiger charge is 2.22. The minimum absolute atomic E-state index is 0.105. The normalized spacial score (nSPS) is 11.3. The minimum atomic E-state index is -0.442. The molecule has 0 saturated carbocycles. The van der Waals surface area contributed by atoms with E-state index in [1.165, 1.54) is 0 Å². The SMILES string of the molecule is Nc1cc(N)c(C=Cc2ccccc2)c([N+](=O)[O-])c1C=Cc1ccccc1. The third-order valence-corrected chi connectivity index (χ3v) is 4.11. The summed E-state index contributed by atoms with van der Waals surface area (Å²) in [5.74, 6) is 0. The number of nitrogens with two attached hydrogens (primary N) is 2. The van der Waals surface area contributed by atoms with Gasteiger partial charge in [-0.1, -0.05) is 72.8 Å². The summed E-state index contributed by atoms with van der Waals surface area (Å²) >= 11 is 0. The number of nitro benzene ring substituents is 1. The van der Waals surface area contributed by atoms with Crippen LogP contribution >= 0.6 is 0 Å². The van der Waals surface area contributed by atoms with Gasteiger partial charge in [0.25, 0.3) is 5.69 Å². The number of hydrogen-bond acceptors (Lipinski definition) is 4. The van der Waals surface area contributed by atoms with Crippen LogP contribution in [0.3, 0.4) is 0 Å². The van der Waals surface area contributed by atoms with Gasteiger partial charge in [-0.05, 0) is 29.3 Å². The topological polar surface area (TPSA) is 95.2 Å². The lowest BCUT2D eigenvalue weighted by Gasteiger charge is -2.09. The highest BCUT2D eigenvalue weighted by Crippen LogP contribution is 2.36. The Bertz CT molecular complexity index is 937. The summed E-state index contributed by atoms with van der Waals surface area (Å²) in [7, 11) is 0. The van der Waals surface area contributed by atoms with Crippen LogP contribution in [0.2, 0.25) is 0 Å². The summed E-state index contributed by atoms with van der Waals surface area (Å²) < 4.78 is 0. The first-order valence-corrected chi connectivity index (χ1v) is 8.39. The van der Waals surface area contributed by atoms with Crippen LogP contribution in [-0.2, 0) is 0 Å². The lowest BCUT2D eigenvalue weighted by Crippen LogP contribution is -2.03. The van der Waals surface area contributed by atoms with E-state index in [2.05, 4.69) is 0 Å². The van der Waals surface area contributed by atoms with E-state index in [1.807, 2.05) is 60.7 Å². The molecule has 0 amide bonds. The first-order chi connectivity index (χ1) is 13.1. The smallest absolute Gasteiger partial charge is 0.287 e. The van der Waals surface area contributed by atoms with Crippen molar-refractivity contribution in [3.05, 3.63) is 99.1 Å². The van der Waals surface area contributed by atoms with Gasteiger partial charge < -0.3 is 11.5 Å². The number of benzene rings is 3. The van der Waals surface area contributed by atoms with Gasteiger partial charge in [0.1, 0.15) is 0 Å². The second-order valence-corrected chi connectivity index (χ2v) is 5.98. The van der Waals surface area contributed by atoms with Crippen LogP contribution in [0.4, 0.5) is 17.1 Å². The van der Waals surface area contributed by atoms with Crippen molar-refractivity contribution < 1.29 is 4.92 Å². The van der Waals surface area contributed by atoms with Crippen molar-refractivity contribution in [3.63, 3.8) is 0 Å². The zero-order valence-corrected chi connectivity index (χ0v) is 14.6. The first kappa shape index (κ1) is 17.9. The molecule has 5 heteroatoms. The van der Waals surface area contributed by atoms with Crippen molar-refractivity contribution in [1.82, 2.24) is 0 Å². The van der Waals surface area contributed by atoms with Gasteiger partial charge >= 0.3 is 0 Å². The third-order valence-electron chi connectivity index (χ3n) is 4.11. The maximum Gasteiger partial charge on any atom is 0.287 e. The van der Waals surface area contributed by atoms with E-state index in [1.54, 1.807) is 30.4 Å². The van der Waals surface area contributed by atoms with Crippen LogP contribution in [0.5, 0.6) is 0 Å². The van der Waals surface area contributed by atoms with Crippen LogP contribution in [0.15, 0.2) is 66.7 Å². The van der Waals surface area contributed by atoms with Gasteiger partial charge in [0.05, 0.1) is 16.1 Å². The molecule has 0 spiro atoms. The quantitative estimate of drug-likeness (QED) is 0.287. The summed E-state index contributed by atoms with van der Waals surface area (Å²) in [6.45, 7) is 0. The predicted molar refractivity (Wildman–Crippen MR) is 113 cm³/mol. The van der Waals surface area contributed by atoms with E-state index in [9.17, 15) is 10.1 Å². The molecule has 134 valence electrons. The molecular weight excluding hydrogens is 338 g/mol. The molecule has 0 aliphatic heterocycles. The molecule has 0 aliphatic rings. The van der Waals surface area contributed by atoms with Gasteiger partial charge in [-0.2, -0.15) is 0 Å². The molecule has 0 fully saturated rings. The molecule has 0 bridgehead atoms. The molecule has 0 aromatic heterocycles. The van der Waals surface area contributed by atoms with E-state index in [0.717, 1.165) is 11.1 Å². The average molecular weight is 357 g/mol. The maximum atomic E-state index is 11.8. The van der Waals surface area contributed by atoms with E-state index in [4.69, 9.17) is 11.5 Å². The zero-order chi connectivity index (χ0) is 19.2. The van der Waals surface area contributed by atoms with E-state index in [0.29, 0.717) is 11.1 Å². The summed E-state index contributed by atoms with van der Waals surface area (Å²) in [5, 5.41) is 11.8. The van der Waals surface area contributed by atoms with Crippen LogP contribution in [-0.4, -0.2) is 4.92 Å². The fraction of sp³-hybridized carbons (Fsp3) is 0. The van der Waals surface area contributed by atoms with Gasteiger partial charge in [0.2, 0.25) is 0 Å². The van der Waals surface area contributed by atoms with Crippen LogP contribution in [0, 0.1) is 10.1 Å². The lowest BCUT2D eigenvalue weighted by molar-refractivity contribution is -0.385. The molecule has 3 rings (SSSR count).